The van der Waals surface area contributed by atoms with Gasteiger partial charge >= 0.3 is 6.18 Å². The monoisotopic (exact) mass is 327 g/mol. The summed E-state index contributed by atoms with van der Waals surface area (Å²) in [5.41, 5.74) is -1.02. The third kappa shape index (κ3) is 2.74. The molecule has 0 aromatic carbocycles. The maximum absolute atomic E-state index is 12.6. The fourth-order valence-electron chi connectivity index (χ4n) is 5.45. The van der Waals surface area contributed by atoms with Crippen molar-refractivity contribution in [2.45, 2.75) is 44.7 Å². The molecule has 0 atom stereocenters. The minimum atomic E-state index is -4.51. The van der Waals surface area contributed by atoms with Crippen LogP contribution < -0.4 is 5.32 Å². The molecule has 0 spiro atoms. The molecule has 23 heavy (non-hydrogen) atoms. The predicted molar refractivity (Wildman–Crippen MR) is 76.5 cm³/mol. The minimum Gasteiger partial charge on any atom is -0.350 e. The van der Waals surface area contributed by atoms with Crippen LogP contribution in [0.4, 0.5) is 13.2 Å². The van der Waals surface area contributed by atoms with Crippen LogP contribution in [0, 0.1) is 23.2 Å². The average Bonchev–Trinajstić information content (AvgIpc) is 2.93. The van der Waals surface area contributed by atoms with Crippen molar-refractivity contribution in [2.24, 2.45) is 23.2 Å². The summed E-state index contributed by atoms with van der Waals surface area (Å²) in [5, 5.41) is 8.21. The number of H-pyrrole nitrogens is 1. The first-order chi connectivity index (χ1) is 10.8. The molecule has 1 aromatic rings. The van der Waals surface area contributed by atoms with E-state index in [1.807, 2.05) is 5.10 Å². The number of hydrogen-bond donors (Lipinski definition) is 2. The summed E-state index contributed by atoms with van der Waals surface area (Å²) in [6.07, 6.45) is 2.89. The Morgan fingerprint density at radius 2 is 1.78 bits per heavy atom. The van der Waals surface area contributed by atoms with E-state index in [0.29, 0.717) is 6.54 Å². The highest BCUT2D eigenvalue weighted by atomic mass is 19.4. The van der Waals surface area contributed by atoms with Gasteiger partial charge < -0.3 is 5.32 Å². The fraction of sp³-hybridized carbons (Fsp3) is 0.750. The molecule has 4 aliphatic carbocycles. The van der Waals surface area contributed by atoms with Crippen LogP contribution in [-0.2, 0) is 6.18 Å². The van der Waals surface area contributed by atoms with Crippen molar-refractivity contribution in [3.05, 3.63) is 17.5 Å². The molecule has 0 radical (unpaired) electrons. The Morgan fingerprint density at radius 3 is 2.26 bits per heavy atom. The zero-order chi connectivity index (χ0) is 16.2. The SMILES string of the molecule is O=C(NCC12CC3CC(CC(C3)C1)C2)c1cc(C(F)(F)F)[nH]n1. The van der Waals surface area contributed by atoms with Gasteiger partial charge in [0.25, 0.3) is 5.91 Å². The number of aromatic amines is 1. The molecule has 1 aromatic heterocycles. The molecule has 0 aliphatic heterocycles. The van der Waals surface area contributed by atoms with E-state index in [-0.39, 0.29) is 11.1 Å². The van der Waals surface area contributed by atoms with Crippen LogP contribution >= 0.6 is 0 Å². The van der Waals surface area contributed by atoms with Crippen LogP contribution in [0.2, 0.25) is 0 Å². The lowest BCUT2D eigenvalue weighted by molar-refractivity contribution is -0.141. The molecule has 1 heterocycles. The summed E-state index contributed by atoms with van der Waals surface area (Å²) in [6, 6.07) is 0.773. The van der Waals surface area contributed by atoms with Crippen molar-refractivity contribution >= 4 is 5.91 Å². The van der Waals surface area contributed by atoms with Crippen LogP contribution in [0.1, 0.15) is 54.7 Å². The topological polar surface area (TPSA) is 57.8 Å². The summed E-state index contributed by atoms with van der Waals surface area (Å²) in [7, 11) is 0. The maximum Gasteiger partial charge on any atom is 0.432 e. The van der Waals surface area contributed by atoms with Gasteiger partial charge in [0.05, 0.1) is 0 Å². The van der Waals surface area contributed by atoms with E-state index in [1.165, 1.54) is 19.3 Å². The Balaban J connectivity index is 1.41. The standard InChI is InChI=1S/C16H20F3N3O/c17-16(18,19)13-4-12(21-22-13)14(23)20-8-15-5-9-1-10(6-15)3-11(2-9)7-15/h4,9-11H,1-3,5-8H2,(H,20,23)(H,21,22). The summed E-state index contributed by atoms with van der Waals surface area (Å²) in [6.45, 7) is 0.559. The molecule has 0 unspecified atom stereocenters. The Labute approximate surface area is 132 Å². The molecule has 2 N–H and O–H groups in total. The lowest BCUT2D eigenvalue weighted by Crippen LogP contribution is -2.51. The molecule has 0 saturated heterocycles. The average molecular weight is 327 g/mol. The molecule has 4 fully saturated rings. The molecule has 7 heteroatoms. The second-order valence-electron chi connectivity index (χ2n) is 7.76. The largest absolute Gasteiger partial charge is 0.432 e. The lowest BCUT2D eigenvalue weighted by Gasteiger charge is -2.56. The molecule has 1 amide bonds. The Hall–Kier alpha value is -1.53. The maximum atomic E-state index is 12.6. The van der Waals surface area contributed by atoms with Gasteiger partial charge in [0.1, 0.15) is 5.69 Å². The van der Waals surface area contributed by atoms with Crippen molar-refractivity contribution in [3.63, 3.8) is 0 Å². The van der Waals surface area contributed by atoms with Crippen LogP contribution in [0.3, 0.4) is 0 Å². The number of carbonyl (C=O) groups excluding carboxylic acids is 1. The number of halogens is 3. The molecular formula is C16H20F3N3O. The summed E-state index contributed by atoms with van der Waals surface area (Å²) in [5.74, 6) is 1.81. The summed E-state index contributed by atoms with van der Waals surface area (Å²) >= 11 is 0. The van der Waals surface area contributed by atoms with Crippen LogP contribution in [-0.4, -0.2) is 22.6 Å². The van der Waals surface area contributed by atoms with Crippen molar-refractivity contribution < 1.29 is 18.0 Å². The lowest BCUT2D eigenvalue weighted by atomic mass is 9.49. The van der Waals surface area contributed by atoms with Gasteiger partial charge in [-0.1, -0.05) is 0 Å². The molecule has 4 bridgehead atoms. The smallest absolute Gasteiger partial charge is 0.350 e. The van der Waals surface area contributed by atoms with Gasteiger partial charge in [-0.15, -0.1) is 0 Å². The number of nitrogens with zero attached hydrogens (tertiary/aromatic N) is 1. The van der Waals surface area contributed by atoms with Crippen LogP contribution in [0.15, 0.2) is 6.07 Å². The normalized spacial score (nSPS) is 35.5. The van der Waals surface area contributed by atoms with E-state index >= 15 is 0 Å². The van der Waals surface area contributed by atoms with Gasteiger partial charge in [-0.05, 0) is 61.7 Å². The van der Waals surface area contributed by atoms with Crippen molar-refractivity contribution in [2.75, 3.05) is 6.54 Å². The molecular weight excluding hydrogens is 307 g/mol. The zero-order valence-electron chi connectivity index (χ0n) is 12.7. The van der Waals surface area contributed by atoms with E-state index in [4.69, 9.17) is 0 Å². The number of nitrogens with one attached hydrogen (secondary N) is 2. The molecule has 4 nitrogen and oxygen atoms in total. The second-order valence-corrected chi connectivity index (χ2v) is 7.76. The van der Waals surface area contributed by atoms with E-state index in [9.17, 15) is 18.0 Å². The van der Waals surface area contributed by atoms with Gasteiger partial charge in [-0.2, -0.15) is 18.3 Å². The van der Waals surface area contributed by atoms with E-state index in [0.717, 1.165) is 43.1 Å². The Bertz CT molecular complexity index is 587. The molecule has 4 saturated carbocycles. The van der Waals surface area contributed by atoms with Crippen molar-refractivity contribution in [1.82, 2.24) is 15.5 Å². The van der Waals surface area contributed by atoms with Crippen molar-refractivity contribution in [1.29, 1.82) is 0 Å². The Kier molecular flexibility index (Phi) is 3.25. The van der Waals surface area contributed by atoms with Gasteiger partial charge in [0.2, 0.25) is 0 Å². The van der Waals surface area contributed by atoms with Crippen molar-refractivity contribution in [3.8, 4) is 0 Å². The predicted octanol–water partition coefficient (Wildman–Crippen LogP) is 3.37. The minimum absolute atomic E-state index is 0.160. The first-order valence-corrected chi connectivity index (χ1v) is 8.24. The zero-order valence-corrected chi connectivity index (χ0v) is 12.7. The highest BCUT2D eigenvalue weighted by molar-refractivity contribution is 5.92. The van der Waals surface area contributed by atoms with Gasteiger partial charge in [-0.3, -0.25) is 9.89 Å². The quantitative estimate of drug-likeness (QED) is 0.894. The number of amides is 1. The molecule has 126 valence electrons. The molecule has 4 aliphatic rings. The van der Waals surface area contributed by atoms with E-state index < -0.39 is 17.8 Å². The second kappa shape index (κ2) is 4.98. The third-order valence-corrected chi connectivity index (χ3v) is 5.90. The number of rotatable bonds is 3. The van der Waals surface area contributed by atoms with Crippen LogP contribution in [0.5, 0.6) is 0 Å². The highest BCUT2D eigenvalue weighted by Crippen LogP contribution is 2.59. The van der Waals surface area contributed by atoms with Gasteiger partial charge in [-0.25, -0.2) is 0 Å². The number of carbonyl (C=O) groups is 1. The summed E-state index contributed by atoms with van der Waals surface area (Å²) < 4.78 is 37.7. The van der Waals surface area contributed by atoms with Gasteiger partial charge in [0.15, 0.2) is 5.69 Å². The van der Waals surface area contributed by atoms with E-state index in [2.05, 4.69) is 10.4 Å². The van der Waals surface area contributed by atoms with E-state index in [1.54, 1.807) is 0 Å². The number of hydrogen-bond acceptors (Lipinski definition) is 2. The number of alkyl halides is 3. The number of aromatic nitrogens is 2. The first kappa shape index (κ1) is 15.0. The van der Waals surface area contributed by atoms with Gasteiger partial charge in [0, 0.05) is 12.6 Å². The van der Waals surface area contributed by atoms with Crippen LogP contribution in [0.25, 0.3) is 0 Å². The summed E-state index contributed by atoms with van der Waals surface area (Å²) in [4.78, 5) is 12.1. The highest BCUT2D eigenvalue weighted by Gasteiger charge is 2.50. The Morgan fingerprint density at radius 1 is 1.22 bits per heavy atom. The fourth-order valence-corrected chi connectivity index (χ4v) is 5.45. The third-order valence-electron chi connectivity index (χ3n) is 5.90. The molecule has 5 rings (SSSR count). The first-order valence-electron chi connectivity index (χ1n) is 8.24.